The first-order chi connectivity index (χ1) is 13.5. The summed E-state index contributed by atoms with van der Waals surface area (Å²) in [5.74, 6) is -0.252. The summed E-state index contributed by atoms with van der Waals surface area (Å²) in [5.41, 5.74) is 0.634. The van der Waals surface area contributed by atoms with Crippen LogP contribution < -0.4 is 10.1 Å². The Balaban J connectivity index is 1.74. The Morgan fingerprint density at radius 3 is 2.61 bits per heavy atom. The molecule has 0 aliphatic carbocycles. The van der Waals surface area contributed by atoms with E-state index in [-0.39, 0.29) is 23.1 Å². The lowest BCUT2D eigenvalue weighted by Crippen LogP contribution is -2.30. The Kier molecular flexibility index (Phi) is 6.16. The predicted octanol–water partition coefficient (Wildman–Crippen LogP) is 5.08. The summed E-state index contributed by atoms with van der Waals surface area (Å²) in [4.78, 5) is 24.5. The van der Waals surface area contributed by atoms with Gasteiger partial charge in [-0.25, -0.2) is 4.79 Å². The quantitative estimate of drug-likeness (QED) is 0.589. The molecular formula is C22H20ClNO4. The Bertz CT molecular complexity index is 1010. The number of carbonyl (C=O) groups is 2. The summed E-state index contributed by atoms with van der Waals surface area (Å²) in [6, 6.07) is 18.1. The number of halogens is 1. The molecule has 1 amide bonds. The molecule has 3 aromatic carbocycles. The second kappa shape index (κ2) is 8.76. The van der Waals surface area contributed by atoms with Crippen molar-refractivity contribution in [1.82, 2.24) is 0 Å². The van der Waals surface area contributed by atoms with Crippen LogP contribution in [0.15, 0.2) is 60.7 Å². The van der Waals surface area contributed by atoms with Crippen molar-refractivity contribution < 1.29 is 19.1 Å². The molecule has 1 N–H and O–H groups in total. The Hall–Kier alpha value is -3.05. The van der Waals surface area contributed by atoms with E-state index in [1.165, 1.54) is 6.07 Å². The van der Waals surface area contributed by atoms with Gasteiger partial charge in [0.05, 0.1) is 17.2 Å². The van der Waals surface area contributed by atoms with Crippen molar-refractivity contribution in [2.24, 2.45) is 0 Å². The van der Waals surface area contributed by atoms with E-state index >= 15 is 0 Å². The standard InChI is InChI=1S/C22H20ClNO4/c1-3-27-22(26)18-13-16(11-12-19(18)23)24-21(25)14(2)28-20-10-6-8-15-7-4-5-9-17(15)20/h4-14H,3H2,1-2H3,(H,24,25)/t14-/m1/s1. The number of hydrogen-bond acceptors (Lipinski definition) is 4. The van der Waals surface area contributed by atoms with Crippen LogP contribution in [-0.2, 0) is 9.53 Å². The average molecular weight is 398 g/mol. The van der Waals surface area contributed by atoms with Crippen LogP contribution in [0.3, 0.4) is 0 Å². The second-order valence-corrected chi connectivity index (χ2v) is 6.55. The third-order valence-electron chi connectivity index (χ3n) is 4.15. The molecule has 0 radical (unpaired) electrons. The van der Waals surface area contributed by atoms with Gasteiger partial charge in [0.15, 0.2) is 6.10 Å². The SMILES string of the molecule is CCOC(=O)c1cc(NC(=O)[C@@H](C)Oc2cccc3ccccc23)ccc1Cl. The van der Waals surface area contributed by atoms with E-state index < -0.39 is 12.1 Å². The first-order valence-electron chi connectivity index (χ1n) is 8.91. The van der Waals surface area contributed by atoms with Crippen LogP contribution in [0.2, 0.25) is 5.02 Å². The number of benzene rings is 3. The van der Waals surface area contributed by atoms with Gasteiger partial charge in [-0.3, -0.25) is 4.79 Å². The highest BCUT2D eigenvalue weighted by atomic mass is 35.5. The molecule has 0 aliphatic heterocycles. The van der Waals surface area contributed by atoms with Gasteiger partial charge in [-0.15, -0.1) is 0 Å². The third kappa shape index (κ3) is 4.43. The molecule has 0 bridgehead atoms. The second-order valence-electron chi connectivity index (χ2n) is 6.14. The number of anilines is 1. The zero-order chi connectivity index (χ0) is 20.1. The first-order valence-corrected chi connectivity index (χ1v) is 9.29. The fourth-order valence-electron chi connectivity index (χ4n) is 2.75. The number of fused-ring (bicyclic) bond motifs is 1. The lowest BCUT2D eigenvalue weighted by atomic mass is 10.1. The van der Waals surface area contributed by atoms with Crippen molar-refractivity contribution >= 4 is 39.9 Å². The Morgan fingerprint density at radius 1 is 1.07 bits per heavy atom. The predicted molar refractivity (Wildman–Crippen MR) is 110 cm³/mol. The van der Waals surface area contributed by atoms with Crippen LogP contribution in [0.1, 0.15) is 24.2 Å². The molecule has 0 heterocycles. The molecule has 0 unspecified atom stereocenters. The highest BCUT2D eigenvalue weighted by Gasteiger charge is 2.18. The van der Waals surface area contributed by atoms with Gasteiger partial charge in [0.2, 0.25) is 0 Å². The molecule has 0 saturated heterocycles. The molecule has 28 heavy (non-hydrogen) atoms. The average Bonchev–Trinajstić information content (AvgIpc) is 2.69. The van der Waals surface area contributed by atoms with Crippen molar-refractivity contribution in [3.05, 3.63) is 71.2 Å². The van der Waals surface area contributed by atoms with Crippen LogP contribution >= 0.6 is 11.6 Å². The zero-order valence-electron chi connectivity index (χ0n) is 15.6. The number of hydrogen-bond donors (Lipinski definition) is 1. The van der Waals surface area contributed by atoms with E-state index in [4.69, 9.17) is 21.1 Å². The maximum absolute atomic E-state index is 12.6. The van der Waals surface area contributed by atoms with Gasteiger partial charge in [-0.1, -0.05) is 48.0 Å². The number of nitrogens with one attached hydrogen (secondary N) is 1. The van der Waals surface area contributed by atoms with E-state index in [9.17, 15) is 9.59 Å². The van der Waals surface area contributed by atoms with E-state index in [0.717, 1.165) is 10.8 Å². The van der Waals surface area contributed by atoms with E-state index in [1.54, 1.807) is 26.0 Å². The fraction of sp³-hybridized carbons (Fsp3) is 0.182. The van der Waals surface area contributed by atoms with Gasteiger partial charge >= 0.3 is 5.97 Å². The fourth-order valence-corrected chi connectivity index (χ4v) is 2.95. The van der Waals surface area contributed by atoms with Gasteiger partial charge in [0.25, 0.3) is 5.91 Å². The maximum atomic E-state index is 12.6. The molecule has 0 spiro atoms. The van der Waals surface area contributed by atoms with Gasteiger partial charge in [0, 0.05) is 11.1 Å². The molecular weight excluding hydrogens is 378 g/mol. The number of amides is 1. The highest BCUT2D eigenvalue weighted by molar-refractivity contribution is 6.33. The minimum Gasteiger partial charge on any atom is -0.480 e. The molecule has 3 rings (SSSR count). The van der Waals surface area contributed by atoms with E-state index in [0.29, 0.717) is 11.4 Å². The van der Waals surface area contributed by atoms with Crippen LogP contribution in [0.5, 0.6) is 5.75 Å². The van der Waals surface area contributed by atoms with Crippen molar-refractivity contribution in [2.75, 3.05) is 11.9 Å². The van der Waals surface area contributed by atoms with Crippen molar-refractivity contribution in [2.45, 2.75) is 20.0 Å². The molecule has 3 aromatic rings. The van der Waals surface area contributed by atoms with Gasteiger partial charge in [-0.05, 0) is 43.5 Å². The largest absolute Gasteiger partial charge is 0.480 e. The van der Waals surface area contributed by atoms with Crippen molar-refractivity contribution in [3.63, 3.8) is 0 Å². The smallest absolute Gasteiger partial charge is 0.339 e. The minimum absolute atomic E-state index is 0.198. The van der Waals surface area contributed by atoms with Crippen LogP contribution in [0.25, 0.3) is 10.8 Å². The molecule has 0 aromatic heterocycles. The number of esters is 1. The maximum Gasteiger partial charge on any atom is 0.339 e. The normalized spacial score (nSPS) is 11.7. The zero-order valence-corrected chi connectivity index (χ0v) is 16.3. The first kappa shape index (κ1) is 19.7. The summed E-state index contributed by atoms with van der Waals surface area (Å²) in [6.45, 7) is 3.62. The summed E-state index contributed by atoms with van der Waals surface area (Å²) in [6.07, 6.45) is -0.743. The van der Waals surface area contributed by atoms with Gasteiger partial charge < -0.3 is 14.8 Å². The number of ether oxygens (including phenoxy) is 2. The summed E-state index contributed by atoms with van der Waals surface area (Å²) >= 11 is 6.05. The lowest BCUT2D eigenvalue weighted by molar-refractivity contribution is -0.122. The Labute approximate surface area is 168 Å². The molecule has 1 atom stereocenters. The topological polar surface area (TPSA) is 64.6 Å². The van der Waals surface area contributed by atoms with Crippen molar-refractivity contribution in [1.29, 1.82) is 0 Å². The highest BCUT2D eigenvalue weighted by Crippen LogP contribution is 2.26. The summed E-state index contributed by atoms with van der Waals surface area (Å²) in [5, 5.41) is 4.97. The monoisotopic (exact) mass is 397 g/mol. The number of rotatable bonds is 6. The third-order valence-corrected chi connectivity index (χ3v) is 4.48. The Morgan fingerprint density at radius 2 is 1.82 bits per heavy atom. The molecule has 144 valence electrons. The summed E-state index contributed by atoms with van der Waals surface area (Å²) < 4.78 is 10.8. The molecule has 0 saturated carbocycles. The van der Waals surface area contributed by atoms with Gasteiger partial charge in [0.1, 0.15) is 5.75 Å². The molecule has 0 fully saturated rings. The van der Waals surface area contributed by atoms with Crippen LogP contribution in [-0.4, -0.2) is 24.6 Å². The molecule has 6 heteroatoms. The van der Waals surface area contributed by atoms with Crippen molar-refractivity contribution in [3.8, 4) is 5.75 Å². The molecule has 0 aliphatic rings. The van der Waals surface area contributed by atoms with E-state index in [2.05, 4.69) is 5.32 Å². The lowest BCUT2D eigenvalue weighted by Gasteiger charge is -2.16. The summed E-state index contributed by atoms with van der Waals surface area (Å²) in [7, 11) is 0. The number of carbonyl (C=O) groups excluding carboxylic acids is 2. The minimum atomic E-state index is -0.743. The van der Waals surface area contributed by atoms with E-state index in [1.807, 2.05) is 42.5 Å². The molecule has 5 nitrogen and oxygen atoms in total. The van der Waals surface area contributed by atoms with Crippen LogP contribution in [0.4, 0.5) is 5.69 Å². The van der Waals surface area contributed by atoms with Crippen LogP contribution in [0, 0.1) is 0 Å². The van der Waals surface area contributed by atoms with Gasteiger partial charge in [-0.2, -0.15) is 0 Å².